The van der Waals surface area contributed by atoms with E-state index in [1.165, 1.54) is 0 Å². The van der Waals surface area contributed by atoms with Crippen LogP contribution in [0.3, 0.4) is 0 Å². The van der Waals surface area contributed by atoms with Gasteiger partial charge in [0.1, 0.15) is 36.6 Å². The number of hydrogen-bond acceptors (Lipinski definition) is 28. The van der Waals surface area contributed by atoms with E-state index in [0.717, 1.165) is 32.8 Å². The van der Waals surface area contributed by atoms with Crippen LogP contribution in [-0.2, 0) is 80.3 Å². The lowest BCUT2D eigenvalue weighted by Crippen LogP contribution is -2.55. The van der Waals surface area contributed by atoms with Crippen LogP contribution in [0.1, 0.15) is 192 Å². The Balaban J connectivity index is -0.00000518. The van der Waals surface area contributed by atoms with Crippen molar-refractivity contribution in [2.24, 2.45) is 23.5 Å². The van der Waals surface area contributed by atoms with Gasteiger partial charge in [0.05, 0.1) is 77.4 Å². The Kier molecular flexibility index (Phi) is 65.0. The Morgan fingerprint density at radius 3 is 1.10 bits per heavy atom. The minimum Gasteiger partial charge on any atom is -0.394 e. The molecule has 3 rings (SSSR count). The first-order valence-corrected chi connectivity index (χ1v) is 39.3. The molecule has 20 N–H and O–H groups in total. The molecule has 3 heterocycles. The lowest BCUT2D eigenvalue weighted by molar-refractivity contribution is -0.282. The monoisotopic (exact) mass is 1590 g/mol. The number of amides is 7. The van der Waals surface area contributed by atoms with Gasteiger partial charge in [0, 0.05) is 115 Å². The number of ether oxygens (including phenoxy) is 7. The van der Waals surface area contributed by atoms with Gasteiger partial charge in [-0.15, -0.1) is 0 Å². The maximum atomic E-state index is 13.8. The van der Waals surface area contributed by atoms with E-state index in [0.29, 0.717) is 71.4 Å². The summed E-state index contributed by atoms with van der Waals surface area (Å²) in [5.41, 5.74) is 4.03. The molecule has 3 fully saturated rings. The van der Waals surface area contributed by atoms with E-state index in [9.17, 15) is 84.1 Å². The van der Waals surface area contributed by atoms with Crippen molar-refractivity contribution < 1.29 is 131 Å². The first-order chi connectivity index (χ1) is 50.7. The number of methoxy groups -OCH3 is 1. The second kappa shape index (κ2) is 65.1. The van der Waals surface area contributed by atoms with Gasteiger partial charge in [-0.05, 0) is 90.3 Å². The molecular formula is C71H144N9O27P. The van der Waals surface area contributed by atoms with E-state index in [-0.39, 0.29) is 162 Å². The molecule has 0 spiro atoms. The molecule has 3 saturated heterocycles. The standard InChI is InChI=1S/C58H106N8O23.C7H18NO4P.2C2H6.2CH4/c1-36-49(77)52(80)39(33-67)87-55(36)84-30-9-22-59-21-6-23-60-43(71)13-18-58(66-48(76)12-5-11-42(70)65-28-10-29-83-4,19-14-44(72)61-24-7-26-63-46(74)16-31-85-56-37(2)50(78)53(81)40(34-68)88-56)20-15-45(73)62-25-8-27-64-47(75)17-32-86-57-38(3)51(79)54(82)41(35-69)89-57;1-11-13(9,10)12-7-5-3-2-4-6-8;2*1-2;;/h36-41,49-57,59,67-69,77-82H,5-35H2,1-4H3,(H,60,71)(H,61,72)(H,62,73)(H,63,74)(H,64,75)(H,65,70)(H,66,76);2-8H2,1H3,(H,9,10);2*1-2H3;2*1H4/t36?,37?,38?,39?,40?,41?,49-,50-,51-,52+,53+,54+,55-,56-,57-,58?;;;;;/m1...../s1. The molecule has 16 atom stereocenters. The van der Waals surface area contributed by atoms with Gasteiger partial charge in [-0.3, -0.25) is 42.6 Å². The van der Waals surface area contributed by atoms with Crippen LogP contribution in [0.25, 0.3) is 0 Å². The summed E-state index contributed by atoms with van der Waals surface area (Å²) in [6.07, 6.45) is -7.19. The molecule has 3 aliphatic rings. The second-order valence-electron chi connectivity index (χ2n) is 25.8. The van der Waals surface area contributed by atoms with E-state index in [2.05, 4.69) is 51.6 Å². The predicted octanol–water partition coefficient (Wildman–Crippen LogP) is -0.115. The Labute approximate surface area is 641 Å². The van der Waals surface area contributed by atoms with Gasteiger partial charge >= 0.3 is 7.82 Å². The van der Waals surface area contributed by atoms with Crippen molar-refractivity contribution in [1.82, 2.24) is 42.5 Å². The van der Waals surface area contributed by atoms with Gasteiger partial charge < -0.3 is 132 Å². The summed E-state index contributed by atoms with van der Waals surface area (Å²) in [7, 11) is -1.05. The predicted molar refractivity (Wildman–Crippen MR) is 403 cm³/mol. The van der Waals surface area contributed by atoms with E-state index >= 15 is 0 Å². The van der Waals surface area contributed by atoms with Crippen molar-refractivity contribution >= 4 is 49.2 Å². The molecular weight excluding hydrogens is 1440 g/mol. The lowest BCUT2D eigenvalue weighted by Gasteiger charge is -2.40. The fraction of sp³-hybridized carbons (Fsp3) is 0.901. The minimum atomic E-state index is -3.75. The summed E-state index contributed by atoms with van der Waals surface area (Å²) in [5.74, 6) is -4.33. The van der Waals surface area contributed by atoms with Crippen LogP contribution < -0.4 is 48.3 Å². The van der Waals surface area contributed by atoms with Crippen molar-refractivity contribution in [2.75, 3.05) is 126 Å². The fourth-order valence-electron chi connectivity index (χ4n) is 11.0. The van der Waals surface area contributed by atoms with Crippen LogP contribution >= 0.6 is 7.82 Å². The third kappa shape index (κ3) is 46.6. The summed E-state index contributed by atoms with van der Waals surface area (Å²) >= 11 is 0. The largest absolute Gasteiger partial charge is 0.471 e. The Hall–Kier alpha value is -4.32. The third-order valence-corrected chi connectivity index (χ3v) is 18.5. The van der Waals surface area contributed by atoms with Crippen molar-refractivity contribution in [3.05, 3.63) is 0 Å². The number of phosphoric acid groups is 1. The van der Waals surface area contributed by atoms with Gasteiger partial charge in [-0.2, -0.15) is 0 Å². The Morgan fingerprint density at radius 1 is 0.407 bits per heavy atom. The molecule has 7 amide bonds. The number of hydrogen-bond donors (Lipinski definition) is 19. The number of carbonyl (C=O) groups excluding carboxylic acids is 7. The van der Waals surface area contributed by atoms with E-state index in [1.54, 1.807) is 27.9 Å². The van der Waals surface area contributed by atoms with Crippen molar-refractivity contribution in [1.29, 1.82) is 0 Å². The maximum Gasteiger partial charge on any atom is 0.471 e. The van der Waals surface area contributed by atoms with Crippen LogP contribution in [0.15, 0.2) is 0 Å². The van der Waals surface area contributed by atoms with Gasteiger partial charge in [0.25, 0.3) is 0 Å². The van der Waals surface area contributed by atoms with Gasteiger partial charge in [-0.25, -0.2) is 4.57 Å². The average Bonchev–Trinajstić information content (AvgIpc) is 0.837. The smallest absolute Gasteiger partial charge is 0.394 e. The molecule has 37 heteroatoms. The quantitative estimate of drug-likeness (QED) is 0.0279. The summed E-state index contributed by atoms with van der Waals surface area (Å²) in [6.45, 7) is 15.4. The molecule has 3 aliphatic heterocycles. The molecule has 0 aromatic rings. The summed E-state index contributed by atoms with van der Waals surface area (Å²) in [4.78, 5) is 101. The van der Waals surface area contributed by atoms with Crippen LogP contribution in [-0.4, -0.2) is 298 Å². The number of nitrogens with two attached hydrogens (primary N) is 1. The number of rotatable bonds is 54. The summed E-state index contributed by atoms with van der Waals surface area (Å²) in [6, 6.07) is 0. The number of aliphatic hydroxyl groups is 9. The van der Waals surface area contributed by atoms with Crippen LogP contribution in [0.2, 0.25) is 0 Å². The highest BCUT2D eigenvalue weighted by molar-refractivity contribution is 7.47. The highest BCUT2D eigenvalue weighted by Gasteiger charge is 2.45. The van der Waals surface area contributed by atoms with Crippen LogP contribution in [0.4, 0.5) is 0 Å². The van der Waals surface area contributed by atoms with Crippen molar-refractivity contribution in [3.8, 4) is 0 Å². The number of carbonyl (C=O) groups is 7. The number of aliphatic hydroxyl groups excluding tert-OH is 9. The Morgan fingerprint density at radius 2 is 0.731 bits per heavy atom. The molecule has 640 valence electrons. The first kappa shape index (κ1) is 108. The zero-order chi connectivity index (χ0) is 79.9. The number of phosphoric ester groups is 1. The van der Waals surface area contributed by atoms with Crippen molar-refractivity contribution in [2.45, 2.75) is 271 Å². The highest BCUT2D eigenvalue weighted by Crippen LogP contribution is 2.42. The lowest BCUT2D eigenvalue weighted by atomic mass is 9.82. The molecule has 0 aromatic heterocycles. The first-order valence-electron chi connectivity index (χ1n) is 37.8. The van der Waals surface area contributed by atoms with Gasteiger partial charge in [0.15, 0.2) is 18.9 Å². The molecule has 0 bridgehead atoms. The molecule has 0 radical (unpaired) electrons. The second-order valence-corrected chi connectivity index (χ2v) is 27.3. The third-order valence-electron chi connectivity index (χ3n) is 17.5. The van der Waals surface area contributed by atoms with Crippen molar-refractivity contribution in [3.63, 3.8) is 0 Å². The van der Waals surface area contributed by atoms with Crippen LogP contribution in [0, 0.1) is 17.8 Å². The summed E-state index contributed by atoms with van der Waals surface area (Å²) < 4.78 is 58.3. The minimum absolute atomic E-state index is 0. The number of unbranched alkanes of at least 4 members (excludes halogenated alkanes) is 3. The molecule has 0 aliphatic carbocycles. The van der Waals surface area contributed by atoms with Gasteiger partial charge in [-0.1, -0.05) is 76.2 Å². The van der Waals surface area contributed by atoms with E-state index < -0.39 is 142 Å². The van der Waals surface area contributed by atoms with Gasteiger partial charge in [0.2, 0.25) is 41.4 Å². The Bertz CT molecular complexity index is 2300. The molecule has 0 aromatic carbocycles. The number of nitrogens with one attached hydrogen (secondary N) is 8. The SMILES string of the molecule is C.C.CC.CC.COCCCNC(=O)CCCC(=O)NC(CCC(=O)NCCCNCCCO[C@@H]1OC(CO)[C@H](O)[C@H](O)C1C)(CCC(=O)NCCCNC(=O)CCO[C@@H]1OC(CO)[C@H](O)[C@H](O)C1C)CCC(=O)NCCCNC(=O)CCO[C@@H]1OC(CO)[C@H](O)[C@H](O)C1C.COP(=O)(O)OCCCCCCN. The topological polar surface area (TPSA) is 544 Å². The van der Waals surface area contributed by atoms with Crippen LogP contribution in [0.5, 0.6) is 0 Å². The fourth-order valence-corrected chi connectivity index (χ4v) is 11.5. The average molecular weight is 1590 g/mol. The molecule has 0 saturated carbocycles. The highest BCUT2D eigenvalue weighted by atomic mass is 31.2. The zero-order valence-electron chi connectivity index (χ0n) is 64.3. The van der Waals surface area contributed by atoms with E-state index in [1.807, 2.05) is 27.7 Å². The molecule has 36 nitrogen and oxygen atoms in total. The zero-order valence-corrected chi connectivity index (χ0v) is 65.2. The molecule has 108 heavy (non-hydrogen) atoms. The molecule has 7 unspecified atom stereocenters. The normalized spacial score (nSPS) is 24.7. The maximum absolute atomic E-state index is 13.8. The summed E-state index contributed by atoms with van der Waals surface area (Å²) in [5, 5.41) is 113. The van der Waals surface area contributed by atoms with E-state index in [4.69, 9.17) is 43.8 Å².